The maximum absolute atomic E-state index is 8.77. The lowest BCUT2D eigenvalue weighted by molar-refractivity contribution is 0.150. The van der Waals surface area contributed by atoms with E-state index in [-0.39, 0.29) is 5.41 Å². The molecule has 2 atom stereocenters. The highest BCUT2D eigenvalue weighted by Crippen LogP contribution is 2.48. The summed E-state index contributed by atoms with van der Waals surface area (Å²) in [6.07, 6.45) is 2.19. The van der Waals surface area contributed by atoms with Crippen LogP contribution >= 0.6 is 0 Å². The van der Waals surface area contributed by atoms with E-state index in [1.54, 1.807) is 0 Å². The normalized spacial score (nSPS) is 37.9. The second-order valence-electron chi connectivity index (χ2n) is 3.47. The summed E-state index contributed by atoms with van der Waals surface area (Å²) in [5, 5.41) is 8.77. The third-order valence-electron chi connectivity index (χ3n) is 2.57. The lowest BCUT2D eigenvalue weighted by Crippen LogP contribution is -2.36. The van der Waals surface area contributed by atoms with Gasteiger partial charge in [-0.3, -0.25) is 0 Å². The first-order valence-electron chi connectivity index (χ1n) is 3.67. The summed E-state index contributed by atoms with van der Waals surface area (Å²) in [6, 6.07) is 2.35. The van der Waals surface area contributed by atoms with Crippen LogP contribution in [-0.4, -0.2) is 0 Å². The van der Waals surface area contributed by atoms with E-state index >= 15 is 0 Å². The second-order valence-corrected chi connectivity index (χ2v) is 3.47. The SMILES string of the molecule is C=C(C)[C@@H]1CC[C@@]1(C)C#N. The van der Waals surface area contributed by atoms with E-state index in [1.165, 1.54) is 0 Å². The molecule has 0 heterocycles. The van der Waals surface area contributed by atoms with Crippen LogP contribution < -0.4 is 0 Å². The van der Waals surface area contributed by atoms with Crippen LogP contribution in [0.4, 0.5) is 0 Å². The largest absolute Gasteiger partial charge is 0.198 e. The number of nitrogens with zero attached hydrogens (tertiary/aromatic N) is 1. The summed E-state index contributed by atoms with van der Waals surface area (Å²) in [7, 11) is 0. The molecule has 0 bridgehead atoms. The van der Waals surface area contributed by atoms with Crippen molar-refractivity contribution in [3.63, 3.8) is 0 Å². The summed E-state index contributed by atoms with van der Waals surface area (Å²) in [4.78, 5) is 0. The molecule has 54 valence electrons. The Hall–Kier alpha value is -0.770. The molecule has 0 aromatic rings. The lowest BCUT2D eigenvalue weighted by atomic mass is 9.60. The Bertz CT molecular complexity index is 199. The average Bonchev–Trinajstić information content (AvgIpc) is 1.83. The average molecular weight is 135 g/mol. The molecule has 0 unspecified atom stereocenters. The molecule has 0 radical (unpaired) electrons. The number of allylic oxidation sites excluding steroid dienone is 1. The van der Waals surface area contributed by atoms with Gasteiger partial charge in [-0.05, 0) is 32.6 Å². The highest BCUT2D eigenvalue weighted by molar-refractivity contribution is 5.17. The third-order valence-corrected chi connectivity index (χ3v) is 2.57. The number of hydrogen-bond acceptors (Lipinski definition) is 1. The Balaban J connectivity index is 2.69. The molecule has 0 N–H and O–H groups in total. The summed E-state index contributed by atoms with van der Waals surface area (Å²) >= 11 is 0. The minimum Gasteiger partial charge on any atom is -0.198 e. The molecule has 0 spiro atoms. The maximum atomic E-state index is 8.77. The lowest BCUT2D eigenvalue weighted by Gasteiger charge is -2.42. The fourth-order valence-corrected chi connectivity index (χ4v) is 1.65. The highest BCUT2D eigenvalue weighted by Gasteiger charge is 2.43. The van der Waals surface area contributed by atoms with Gasteiger partial charge in [-0.1, -0.05) is 12.2 Å². The molecule has 0 aromatic carbocycles. The van der Waals surface area contributed by atoms with Gasteiger partial charge in [0.2, 0.25) is 0 Å². The van der Waals surface area contributed by atoms with E-state index in [0.717, 1.165) is 18.4 Å². The Morgan fingerprint density at radius 1 is 1.80 bits per heavy atom. The van der Waals surface area contributed by atoms with E-state index in [1.807, 2.05) is 13.8 Å². The van der Waals surface area contributed by atoms with Crippen LogP contribution in [0.5, 0.6) is 0 Å². The molecular formula is C9H13N. The minimum atomic E-state index is -0.0914. The standard InChI is InChI=1S/C9H13N/c1-7(2)8-4-5-9(8,3)6-10/h8H,1,4-5H2,2-3H3/t8-,9-/m0/s1. The zero-order valence-corrected chi connectivity index (χ0v) is 6.65. The Morgan fingerprint density at radius 3 is 2.50 bits per heavy atom. The van der Waals surface area contributed by atoms with Crippen LogP contribution in [0.1, 0.15) is 26.7 Å². The van der Waals surface area contributed by atoms with E-state index in [2.05, 4.69) is 12.6 Å². The van der Waals surface area contributed by atoms with Gasteiger partial charge in [0.05, 0.1) is 11.5 Å². The topological polar surface area (TPSA) is 23.8 Å². The van der Waals surface area contributed by atoms with Crippen molar-refractivity contribution in [1.29, 1.82) is 5.26 Å². The predicted molar refractivity (Wildman–Crippen MR) is 41.3 cm³/mol. The van der Waals surface area contributed by atoms with Crippen molar-refractivity contribution in [2.45, 2.75) is 26.7 Å². The first-order valence-corrected chi connectivity index (χ1v) is 3.67. The fourth-order valence-electron chi connectivity index (χ4n) is 1.65. The van der Waals surface area contributed by atoms with E-state index in [9.17, 15) is 0 Å². The molecule has 1 aliphatic carbocycles. The highest BCUT2D eigenvalue weighted by atomic mass is 14.5. The molecular weight excluding hydrogens is 122 g/mol. The third kappa shape index (κ3) is 0.844. The first-order chi connectivity index (χ1) is 4.60. The van der Waals surface area contributed by atoms with Crippen LogP contribution in [-0.2, 0) is 0 Å². The quantitative estimate of drug-likeness (QED) is 0.507. The van der Waals surface area contributed by atoms with Crippen LogP contribution in [0, 0.1) is 22.7 Å². The summed E-state index contributed by atoms with van der Waals surface area (Å²) in [6.45, 7) is 7.91. The van der Waals surface area contributed by atoms with Gasteiger partial charge < -0.3 is 0 Å². The Morgan fingerprint density at radius 2 is 2.40 bits per heavy atom. The molecule has 0 amide bonds. The van der Waals surface area contributed by atoms with Crippen LogP contribution in [0.2, 0.25) is 0 Å². The van der Waals surface area contributed by atoms with Crippen molar-refractivity contribution in [3.05, 3.63) is 12.2 Å². The molecule has 1 nitrogen and oxygen atoms in total. The molecule has 1 heteroatoms. The van der Waals surface area contributed by atoms with E-state index < -0.39 is 0 Å². The van der Waals surface area contributed by atoms with Gasteiger partial charge in [-0.25, -0.2) is 0 Å². The predicted octanol–water partition coefficient (Wildman–Crippen LogP) is 2.50. The first kappa shape index (κ1) is 7.34. The number of hydrogen-bond donors (Lipinski definition) is 0. The summed E-state index contributed by atoms with van der Waals surface area (Å²) < 4.78 is 0. The molecule has 1 fully saturated rings. The molecule has 0 aromatic heterocycles. The van der Waals surface area contributed by atoms with Crippen molar-refractivity contribution >= 4 is 0 Å². The van der Waals surface area contributed by atoms with Gasteiger partial charge in [0.15, 0.2) is 0 Å². The zero-order valence-electron chi connectivity index (χ0n) is 6.65. The van der Waals surface area contributed by atoms with Crippen molar-refractivity contribution in [2.75, 3.05) is 0 Å². The van der Waals surface area contributed by atoms with Crippen molar-refractivity contribution in [3.8, 4) is 6.07 Å². The van der Waals surface area contributed by atoms with Crippen molar-refractivity contribution in [1.82, 2.24) is 0 Å². The Kier molecular flexibility index (Phi) is 1.56. The second kappa shape index (κ2) is 2.12. The van der Waals surface area contributed by atoms with Crippen LogP contribution in [0.15, 0.2) is 12.2 Å². The van der Waals surface area contributed by atoms with Gasteiger partial charge >= 0.3 is 0 Å². The molecule has 0 aliphatic heterocycles. The smallest absolute Gasteiger partial charge is 0.0693 e. The summed E-state index contributed by atoms with van der Waals surface area (Å²) in [5.74, 6) is 0.456. The molecule has 1 rings (SSSR count). The van der Waals surface area contributed by atoms with Crippen LogP contribution in [0.25, 0.3) is 0 Å². The van der Waals surface area contributed by atoms with E-state index in [4.69, 9.17) is 5.26 Å². The number of nitriles is 1. The minimum absolute atomic E-state index is 0.0914. The maximum Gasteiger partial charge on any atom is 0.0693 e. The number of rotatable bonds is 1. The molecule has 10 heavy (non-hydrogen) atoms. The summed E-state index contributed by atoms with van der Waals surface area (Å²) in [5.41, 5.74) is 1.07. The molecule has 0 saturated heterocycles. The monoisotopic (exact) mass is 135 g/mol. The molecule has 1 aliphatic rings. The Labute approximate surface area is 62.4 Å². The van der Waals surface area contributed by atoms with Gasteiger partial charge in [-0.15, -0.1) is 0 Å². The van der Waals surface area contributed by atoms with Gasteiger partial charge in [0.25, 0.3) is 0 Å². The zero-order chi connectivity index (χ0) is 7.78. The van der Waals surface area contributed by atoms with Gasteiger partial charge in [-0.2, -0.15) is 5.26 Å². The van der Waals surface area contributed by atoms with Gasteiger partial charge in [0.1, 0.15) is 0 Å². The van der Waals surface area contributed by atoms with Crippen molar-refractivity contribution < 1.29 is 0 Å². The van der Waals surface area contributed by atoms with Gasteiger partial charge in [0, 0.05) is 0 Å². The fraction of sp³-hybridized carbons (Fsp3) is 0.667. The van der Waals surface area contributed by atoms with Crippen molar-refractivity contribution in [2.24, 2.45) is 11.3 Å². The van der Waals surface area contributed by atoms with E-state index in [0.29, 0.717) is 5.92 Å². The molecule has 1 saturated carbocycles. The van der Waals surface area contributed by atoms with Crippen LogP contribution in [0.3, 0.4) is 0 Å².